The summed E-state index contributed by atoms with van der Waals surface area (Å²) in [6.07, 6.45) is -4.43. The Bertz CT molecular complexity index is 638. The van der Waals surface area contributed by atoms with Gasteiger partial charge < -0.3 is 4.74 Å². The number of hydrogen-bond donors (Lipinski definition) is 0. The van der Waals surface area contributed by atoms with E-state index in [0.717, 1.165) is 9.86 Å². The van der Waals surface area contributed by atoms with Crippen LogP contribution in [0.1, 0.15) is 10.4 Å². The van der Waals surface area contributed by atoms with Crippen LogP contribution in [0.4, 0.5) is 13.2 Å². The summed E-state index contributed by atoms with van der Waals surface area (Å²) in [5.74, 6) is -0.474. The molecule has 0 heterocycles. The highest BCUT2D eigenvalue weighted by atomic mass is 79.9. The third kappa shape index (κ3) is 3.58. The van der Waals surface area contributed by atoms with Gasteiger partial charge in [0.15, 0.2) is 5.78 Å². The fraction of sp³-hybridized carbons (Fsp3) is 0.214. The molecule has 0 saturated heterocycles. The number of ether oxygens (including phenoxy) is 1. The lowest BCUT2D eigenvalue weighted by Gasteiger charge is -2.09. The van der Waals surface area contributed by atoms with Crippen LogP contribution < -0.4 is 0 Å². The molecule has 0 atom stereocenters. The molecule has 2 rings (SSSR count). The topological polar surface area (TPSA) is 26.3 Å². The molecule has 20 heavy (non-hydrogen) atoms. The van der Waals surface area contributed by atoms with Gasteiger partial charge >= 0.3 is 6.18 Å². The van der Waals surface area contributed by atoms with Crippen molar-refractivity contribution in [3.05, 3.63) is 46.4 Å². The van der Waals surface area contributed by atoms with Gasteiger partial charge in [-0.15, -0.1) is 0 Å². The van der Waals surface area contributed by atoms with Gasteiger partial charge in [-0.3, -0.25) is 4.79 Å². The third-order valence-electron chi connectivity index (χ3n) is 2.67. The molecule has 2 aromatic carbocycles. The molecule has 0 spiro atoms. The van der Waals surface area contributed by atoms with Crippen LogP contribution in [0.2, 0.25) is 0 Å². The van der Waals surface area contributed by atoms with Crippen molar-refractivity contribution in [2.45, 2.75) is 6.18 Å². The van der Waals surface area contributed by atoms with Crippen molar-refractivity contribution in [3.8, 4) is 0 Å². The van der Waals surface area contributed by atoms with Gasteiger partial charge in [0.25, 0.3) is 0 Å². The molecule has 0 fully saturated rings. The molecule has 0 aliphatic rings. The van der Waals surface area contributed by atoms with Crippen LogP contribution in [0.25, 0.3) is 10.8 Å². The summed E-state index contributed by atoms with van der Waals surface area (Å²) in [6, 6.07) is 10.4. The first-order valence-electron chi connectivity index (χ1n) is 5.73. The third-order valence-corrected chi connectivity index (χ3v) is 3.36. The zero-order valence-corrected chi connectivity index (χ0v) is 11.8. The lowest BCUT2D eigenvalue weighted by atomic mass is 10.0. The van der Waals surface area contributed by atoms with Crippen molar-refractivity contribution in [1.82, 2.24) is 0 Å². The Morgan fingerprint density at radius 1 is 1.10 bits per heavy atom. The van der Waals surface area contributed by atoms with Crippen molar-refractivity contribution in [3.63, 3.8) is 0 Å². The zero-order valence-electron chi connectivity index (χ0n) is 10.2. The summed E-state index contributed by atoms with van der Waals surface area (Å²) in [7, 11) is 0. The second-order valence-electron chi connectivity index (χ2n) is 4.17. The quantitative estimate of drug-likeness (QED) is 0.768. The van der Waals surface area contributed by atoms with Crippen LogP contribution in [-0.2, 0) is 4.74 Å². The number of hydrogen-bond acceptors (Lipinski definition) is 2. The second kappa shape index (κ2) is 5.93. The molecular formula is C14H10BrF3O2. The summed E-state index contributed by atoms with van der Waals surface area (Å²) in [6.45, 7) is -2.02. The van der Waals surface area contributed by atoms with Gasteiger partial charge in [0.1, 0.15) is 13.2 Å². The van der Waals surface area contributed by atoms with E-state index < -0.39 is 25.2 Å². The average Bonchev–Trinajstić information content (AvgIpc) is 2.38. The molecule has 2 aromatic rings. The molecule has 0 aliphatic heterocycles. The van der Waals surface area contributed by atoms with Gasteiger partial charge in [0.2, 0.25) is 0 Å². The molecule has 2 nitrogen and oxygen atoms in total. The molecule has 0 aliphatic carbocycles. The first-order valence-corrected chi connectivity index (χ1v) is 6.53. The average molecular weight is 347 g/mol. The van der Waals surface area contributed by atoms with E-state index in [1.165, 1.54) is 0 Å². The number of ketones is 1. The van der Waals surface area contributed by atoms with Gasteiger partial charge in [-0.1, -0.05) is 40.2 Å². The Morgan fingerprint density at radius 3 is 2.40 bits per heavy atom. The highest BCUT2D eigenvalue weighted by Gasteiger charge is 2.28. The minimum Gasteiger partial charge on any atom is -0.364 e. The molecule has 0 bridgehead atoms. The van der Waals surface area contributed by atoms with Crippen LogP contribution in [0.3, 0.4) is 0 Å². The number of alkyl halides is 3. The molecule has 0 saturated carbocycles. The number of benzene rings is 2. The number of rotatable bonds is 4. The minimum absolute atomic E-state index is 0.353. The fourth-order valence-electron chi connectivity index (χ4n) is 1.84. The first kappa shape index (κ1) is 15.0. The maximum atomic E-state index is 12.0. The van der Waals surface area contributed by atoms with Gasteiger partial charge in [0, 0.05) is 10.0 Å². The lowest BCUT2D eigenvalue weighted by molar-refractivity contribution is -0.170. The van der Waals surface area contributed by atoms with E-state index in [1.54, 1.807) is 24.3 Å². The summed E-state index contributed by atoms with van der Waals surface area (Å²) in [5.41, 5.74) is 0.353. The largest absolute Gasteiger partial charge is 0.411 e. The fourth-order valence-corrected chi connectivity index (χ4v) is 2.32. The maximum Gasteiger partial charge on any atom is 0.411 e. The molecule has 0 amide bonds. The smallest absolute Gasteiger partial charge is 0.364 e. The molecule has 6 heteroatoms. The second-order valence-corrected chi connectivity index (χ2v) is 5.03. The zero-order chi connectivity index (χ0) is 14.8. The molecule has 0 unspecified atom stereocenters. The van der Waals surface area contributed by atoms with Crippen LogP contribution in [0.5, 0.6) is 0 Å². The summed E-state index contributed by atoms with van der Waals surface area (Å²) in [4.78, 5) is 11.9. The normalized spacial score (nSPS) is 11.8. The lowest BCUT2D eigenvalue weighted by Crippen LogP contribution is -2.20. The molecule has 0 radical (unpaired) electrons. The number of carbonyl (C=O) groups excluding carboxylic acids is 1. The van der Waals surface area contributed by atoms with Gasteiger partial charge in [0.05, 0.1) is 0 Å². The number of halogens is 4. The number of carbonyl (C=O) groups is 1. The van der Waals surface area contributed by atoms with Gasteiger partial charge in [-0.05, 0) is 22.9 Å². The Hall–Kier alpha value is -1.40. The van der Waals surface area contributed by atoms with Crippen molar-refractivity contribution in [2.24, 2.45) is 0 Å². The highest BCUT2D eigenvalue weighted by molar-refractivity contribution is 9.10. The number of Topliss-reactive ketones (excluding diaryl/α,β-unsaturated/α-hetero) is 1. The molecule has 0 N–H and O–H groups in total. The predicted molar refractivity (Wildman–Crippen MR) is 72.9 cm³/mol. The van der Waals surface area contributed by atoms with Crippen molar-refractivity contribution < 1.29 is 22.7 Å². The monoisotopic (exact) mass is 346 g/mol. The first-order chi connectivity index (χ1) is 9.38. The molecule has 106 valence electrons. The van der Waals surface area contributed by atoms with Crippen LogP contribution >= 0.6 is 15.9 Å². The Labute approximate surface area is 121 Å². The predicted octanol–water partition coefficient (Wildman–Crippen LogP) is 4.36. The van der Waals surface area contributed by atoms with Crippen LogP contribution in [-0.4, -0.2) is 25.2 Å². The van der Waals surface area contributed by atoms with E-state index in [4.69, 9.17) is 0 Å². The van der Waals surface area contributed by atoms with E-state index in [9.17, 15) is 18.0 Å². The van der Waals surface area contributed by atoms with E-state index in [-0.39, 0.29) is 0 Å². The van der Waals surface area contributed by atoms with E-state index in [1.807, 2.05) is 12.1 Å². The Kier molecular flexibility index (Phi) is 4.45. The van der Waals surface area contributed by atoms with Crippen LogP contribution in [0.15, 0.2) is 40.9 Å². The molecular weight excluding hydrogens is 337 g/mol. The highest BCUT2D eigenvalue weighted by Crippen LogP contribution is 2.27. The van der Waals surface area contributed by atoms with Crippen molar-refractivity contribution in [1.29, 1.82) is 0 Å². The van der Waals surface area contributed by atoms with E-state index >= 15 is 0 Å². The minimum atomic E-state index is -4.43. The molecule has 0 aromatic heterocycles. The van der Waals surface area contributed by atoms with Crippen molar-refractivity contribution in [2.75, 3.05) is 13.2 Å². The van der Waals surface area contributed by atoms with Gasteiger partial charge in [-0.25, -0.2) is 0 Å². The van der Waals surface area contributed by atoms with Crippen molar-refractivity contribution >= 4 is 32.5 Å². The number of fused-ring (bicyclic) bond motifs is 1. The SMILES string of the molecule is O=C(COCC(F)(F)F)c1ccc(Br)c2ccccc12. The standard InChI is InChI=1S/C14H10BrF3O2/c15-12-6-5-11(9-3-1-2-4-10(9)12)13(19)7-20-8-14(16,17)18/h1-6H,7-8H2. The summed E-state index contributed by atoms with van der Waals surface area (Å²) >= 11 is 3.37. The Balaban J connectivity index is 2.21. The van der Waals surface area contributed by atoms with E-state index in [0.29, 0.717) is 10.9 Å². The summed E-state index contributed by atoms with van der Waals surface area (Å²) in [5, 5.41) is 1.51. The Morgan fingerprint density at radius 2 is 1.75 bits per heavy atom. The van der Waals surface area contributed by atoms with Crippen LogP contribution in [0, 0.1) is 0 Å². The summed E-state index contributed by atoms with van der Waals surface area (Å²) < 4.78 is 41.1. The maximum absolute atomic E-state index is 12.0. The van der Waals surface area contributed by atoms with E-state index in [2.05, 4.69) is 20.7 Å². The van der Waals surface area contributed by atoms with Gasteiger partial charge in [-0.2, -0.15) is 13.2 Å².